The fraction of sp³-hybridized carbons (Fsp3) is 0.500. The highest BCUT2D eigenvalue weighted by Gasteiger charge is 2.14. The molecule has 176 valence electrons. The highest BCUT2D eigenvalue weighted by atomic mass is 32.1. The zero-order valence-electron chi connectivity index (χ0n) is 19.0. The molecule has 0 aromatic carbocycles. The molecule has 1 aliphatic heterocycles. The molecular formula is C24H32N6OS2. The number of hydrogen-bond donors (Lipinski definition) is 2. The molecule has 0 amide bonds. The van der Waals surface area contributed by atoms with E-state index in [4.69, 9.17) is 4.74 Å². The molecule has 0 unspecified atom stereocenters. The lowest BCUT2D eigenvalue weighted by Gasteiger charge is -2.21. The Morgan fingerprint density at radius 2 is 1.79 bits per heavy atom. The molecule has 4 heterocycles. The van der Waals surface area contributed by atoms with Gasteiger partial charge in [0, 0.05) is 35.3 Å². The third-order valence-electron chi connectivity index (χ3n) is 5.84. The molecule has 33 heavy (non-hydrogen) atoms. The average molecular weight is 485 g/mol. The van der Waals surface area contributed by atoms with E-state index in [1.165, 1.54) is 63.0 Å². The third-order valence-corrected chi connectivity index (χ3v) is 7.50. The van der Waals surface area contributed by atoms with Gasteiger partial charge in [-0.2, -0.15) is 0 Å². The van der Waals surface area contributed by atoms with Crippen molar-refractivity contribution in [2.75, 3.05) is 26.4 Å². The van der Waals surface area contributed by atoms with Crippen molar-refractivity contribution in [1.29, 1.82) is 0 Å². The minimum Gasteiger partial charge on any atom is -0.478 e. The van der Waals surface area contributed by atoms with Gasteiger partial charge in [-0.15, -0.1) is 22.7 Å². The van der Waals surface area contributed by atoms with Crippen molar-refractivity contribution in [3.8, 4) is 27.8 Å². The molecule has 0 spiro atoms. The molecule has 2 fully saturated rings. The molecule has 2 aliphatic rings. The van der Waals surface area contributed by atoms with E-state index < -0.39 is 0 Å². The first-order valence-electron chi connectivity index (χ1n) is 11.7. The number of nitrogens with one attached hydrogen (secondary N) is 2. The maximum atomic E-state index is 5.84. The summed E-state index contributed by atoms with van der Waals surface area (Å²) in [7, 11) is 0. The largest absolute Gasteiger partial charge is 0.478 e. The Bertz CT molecular complexity index is 966. The van der Waals surface area contributed by atoms with Crippen LogP contribution in [-0.2, 0) is 0 Å². The summed E-state index contributed by atoms with van der Waals surface area (Å²) < 4.78 is 5.84. The average Bonchev–Trinajstić information content (AvgIpc) is 3.57. The first kappa shape index (κ1) is 23.9. The molecule has 2 N–H and O–H groups in total. The van der Waals surface area contributed by atoms with Crippen molar-refractivity contribution >= 4 is 34.5 Å². The van der Waals surface area contributed by atoms with Gasteiger partial charge in [0.1, 0.15) is 16.4 Å². The van der Waals surface area contributed by atoms with E-state index in [9.17, 15) is 0 Å². The van der Waals surface area contributed by atoms with Gasteiger partial charge in [-0.1, -0.05) is 32.1 Å². The van der Waals surface area contributed by atoms with E-state index in [1.807, 2.05) is 29.1 Å². The monoisotopic (exact) mass is 484 g/mol. The van der Waals surface area contributed by atoms with E-state index >= 15 is 0 Å². The van der Waals surface area contributed by atoms with Crippen LogP contribution in [-0.4, -0.2) is 48.0 Å². The number of aliphatic imine (C=N–C) groups is 1. The molecule has 1 saturated carbocycles. The lowest BCUT2D eigenvalue weighted by Crippen LogP contribution is -2.37. The molecule has 0 bridgehead atoms. The number of thiazole rings is 2. The van der Waals surface area contributed by atoms with Gasteiger partial charge in [0.05, 0.1) is 6.61 Å². The summed E-state index contributed by atoms with van der Waals surface area (Å²) in [6.07, 6.45) is 11.1. The van der Waals surface area contributed by atoms with Gasteiger partial charge < -0.3 is 15.4 Å². The van der Waals surface area contributed by atoms with E-state index in [0.717, 1.165) is 47.6 Å². The maximum absolute atomic E-state index is 5.84. The minimum atomic E-state index is 0.663. The smallest absolute Gasteiger partial charge is 0.213 e. The zero-order chi connectivity index (χ0) is 22.7. The van der Waals surface area contributed by atoms with Gasteiger partial charge in [0.15, 0.2) is 0 Å². The van der Waals surface area contributed by atoms with Gasteiger partial charge in [0.2, 0.25) is 11.0 Å². The summed E-state index contributed by atoms with van der Waals surface area (Å²) in [5.41, 5.74) is 2.68. The van der Waals surface area contributed by atoms with Crippen molar-refractivity contribution < 1.29 is 4.74 Å². The van der Waals surface area contributed by atoms with Crippen molar-refractivity contribution in [2.24, 2.45) is 10.9 Å². The minimum absolute atomic E-state index is 0.663. The predicted octanol–water partition coefficient (Wildman–Crippen LogP) is 5.54. The molecule has 0 radical (unpaired) electrons. The summed E-state index contributed by atoms with van der Waals surface area (Å²) in [5.74, 6) is 1.52. The Hall–Kier alpha value is -2.20. The van der Waals surface area contributed by atoms with Crippen LogP contribution in [0.2, 0.25) is 0 Å². The molecule has 7 nitrogen and oxygen atoms in total. The maximum Gasteiger partial charge on any atom is 0.213 e. The second-order valence-electron chi connectivity index (χ2n) is 8.27. The van der Waals surface area contributed by atoms with E-state index in [0.29, 0.717) is 11.0 Å². The summed E-state index contributed by atoms with van der Waals surface area (Å²) in [5, 5.41) is 11.9. The zero-order valence-corrected chi connectivity index (χ0v) is 20.6. The fourth-order valence-corrected chi connectivity index (χ4v) is 5.40. The number of ether oxygens (including phenoxy) is 1. The number of rotatable bonds is 7. The van der Waals surface area contributed by atoms with Crippen molar-refractivity contribution in [3.05, 3.63) is 29.1 Å². The van der Waals surface area contributed by atoms with E-state index in [2.05, 4.69) is 37.3 Å². The Kier molecular flexibility index (Phi) is 9.35. The standard InChI is InChI=1S/C20H22N4OS2.C4H10N2/c1-21-20-24-17(13-27-20)16-12-26-19(23-16)15-7-8-18(22-11-15)25-10-9-14-5-3-2-4-6-14;1-2-5-4-6-3-1/h7-8,11-14H,1-6,9-10H2;5-6H,1-4H2. The number of hydrogen-bond acceptors (Lipinski definition) is 9. The van der Waals surface area contributed by atoms with Crippen LogP contribution in [0.4, 0.5) is 5.13 Å². The van der Waals surface area contributed by atoms with Gasteiger partial charge in [-0.3, -0.25) is 0 Å². The quantitative estimate of drug-likeness (QED) is 0.429. The van der Waals surface area contributed by atoms with Crippen LogP contribution in [0.1, 0.15) is 44.9 Å². The number of nitrogens with zero attached hydrogens (tertiary/aromatic N) is 4. The first-order chi connectivity index (χ1) is 16.3. The number of aromatic nitrogens is 3. The van der Waals surface area contributed by atoms with Gasteiger partial charge in [0.25, 0.3) is 0 Å². The van der Waals surface area contributed by atoms with Crippen LogP contribution in [0.15, 0.2) is 34.1 Å². The molecule has 3 aromatic heterocycles. The van der Waals surface area contributed by atoms with Gasteiger partial charge >= 0.3 is 0 Å². The summed E-state index contributed by atoms with van der Waals surface area (Å²) in [6, 6.07) is 3.95. The van der Waals surface area contributed by atoms with Crippen LogP contribution in [0.5, 0.6) is 5.88 Å². The first-order valence-corrected chi connectivity index (χ1v) is 13.5. The van der Waals surface area contributed by atoms with Crippen LogP contribution in [0.3, 0.4) is 0 Å². The Balaban J connectivity index is 0.000000376. The topological polar surface area (TPSA) is 84.3 Å². The lowest BCUT2D eigenvalue weighted by atomic mass is 9.87. The second kappa shape index (κ2) is 12.9. The molecular weight excluding hydrogens is 452 g/mol. The van der Waals surface area contributed by atoms with E-state index in [-0.39, 0.29) is 0 Å². The van der Waals surface area contributed by atoms with Gasteiger partial charge in [-0.25, -0.2) is 19.9 Å². The highest BCUT2D eigenvalue weighted by Crippen LogP contribution is 2.31. The van der Waals surface area contributed by atoms with Gasteiger partial charge in [-0.05, 0) is 44.6 Å². The number of pyridine rings is 1. The predicted molar refractivity (Wildman–Crippen MR) is 138 cm³/mol. The Morgan fingerprint density at radius 3 is 2.42 bits per heavy atom. The molecule has 5 rings (SSSR count). The fourth-order valence-electron chi connectivity index (χ4n) is 3.98. The lowest BCUT2D eigenvalue weighted by molar-refractivity contribution is 0.240. The van der Waals surface area contributed by atoms with Crippen LogP contribution >= 0.6 is 22.7 Å². The second-order valence-corrected chi connectivity index (χ2v) is 9.96. The summed E-state index contributed by atoms with van der Waals surface area (Å²) in [6.45, 7) is 7.63. The molecule has 1 saturated heterocycles. The van der Waals surface area contributed by atoms with E-state index in [1.54, 1.807) is 11.3 Å². The van der Waals surface area contributed by atoms with Crippen molar-refractivity contribution in [3.63, 3.8) is 0 Å². The molecule has 9 heteroatoms. The highest BCUT2D eigenvalue weighted by molar-refractivity contribution is 7.14. The van der Waals surface area contributed by atoms with Crippen LogP contribution < -0.4 is 15.4 Å². The normalized spacial score (nSPS) is 16.6. The Labute approximate surface area is 203 Å². The molecule has 0 atom stereocenters. The summed E-state index contributed by atoms with van der Waals surface area (Å²) >= 11 is 3.05. The SMILES string of the molecule is C1CNCNC1.C=Nc1nc(-c2csc(-c3ccc(OCCC4CCCCC4)nc3)n2)cs1. The molecule has 3 aromatic rings. The third kappa shape index (κ3) is 7.40. The summed E-state index contributed by atoms with van der Waals surface area (Å²) in [4.78, 5) is 17.4. The van der Waals surface area contributed by atoms with Crippen molar-refractivity contribution in [1.82, 2.24) is 25.6 Å². The van der Waals surface area contributed by atoms with Crippen LogP contribution in [0, 0.1) is 5.92 Å². The Morgan fingerprint density at radius 1 is 1.00 bits per heavy atom. The van der Waals surface area contributed by atoms with Crippen molar-refractivity contribution in [2.45, 2.75) is 44.9 Å². The van der Waals surface area contributed by atoms with Crippen LogP contribution in [0.25, 0.3) is 22.0 Å². The molecule has 1 aliphatic carbocycles.